The predicted molar refractivity (Wildman–Crippen MR) is 103 cm³/mol. The first kappa shape index (κ1) is 22.4. The van der Waals surface area contributed by atoms with Gasteiger partial charge in [0, 0.05) is 33.1 Å². The fourth-order valence-corrected chi connectivity index (χ4v) is 2.57. The molecule has 1 aromatic rings. The van der Waals surface area contributed by atoms with Gasteiger partial charge in [0.25, 0.3) is 5.91 Å². The van der Waals surface area contributed by atoms with Crippen molar-refractivity contribution in [3.63, 3.8) is 0 Å². The third-order valence-electron chi connectivity index (χ3n) is 3.89. The summed E-state index contributed by atoms with van der Waals surface area (Å²) in [6.07, 6.45) is 0.470. The first-order valence-corrected chi connectivity index (χ1v) is 8.36. The Hall–Kier alpha value is -2.65. The average Bonchev–Trinajstić information content (AvgIpc) is 2.86. The van der Waals surface area contributed by atoms with E-state index in [1.807, 2.05) is 0 Å². The second kappa shape index (κ2) is 10.5. The summed E-state index contributed by atoms with van der Waals surface area (Å²) in [5, 5.41) is 5.35. The summed E-state index contributed by atoms with van der Waals surface area (Å²) in [6.45, 7) is 0.918. The molecule has 1 saturated heterocycles. The van der Waals surface area contributed by atoms with Gasteiger partial charge < -0.3 is 21.3 Å². The molecule has 0 radical (unpaired) electrons. The van der Waals surface area contributed by atoms with Gasteiger partial charge in [-0.2, -0.15) is 0 Å². The van der Waals surface area contributed by atoms with Crippen LogP contribution in [0.4, 0.5) is 10.5 Å². The van der Waals surface area contributed by atoms with E-state index in [4.69, 9.17) is 5.73 Å². The summed E-state index contributed by atoms with van der Waals surface area (Å²) in [5.74, 6) is -0.876. The number of hydrogen-bond donors (Lipinski definition) is 3. The third kappa shape index (κ3) is 5.93. The molecule has 9 nitrogen and oxygen atoms in total. The maximum Gasteiger partial charge on any atom is 0.326 e. The number of nitrogens with two attached hydrogens (primary N) is 1. The summed E-state index contributed by atoms with van der Waals surface area (Å²) in [4.78, 5) is 50.1. The lowest BCUT2D eigenvalue weighted by atomic mass is 10.1. The van der Waals surface area contributed by atoms with Crippen molar-refractivity contribution in [1.82, 2.24) is 15.1 Å². The molecule has 0 unspecified atom stereocenters. The molecule has 0 saturated carbocycles. The van der Waals surface area contributed by atoms with Gasteiger partial charge in [0.1, 0.15) is 6.54 Å². The zero-order valence-corrected chi connectivity index (χ0v) is 15.9. The second-order valence-electron chi connectivity index (χ2n) is 5.93. The van der Waals surface area contributed by atoms with Crippen LogP contribution >= 0.6 is 12.4 Å². The molecule has 0 spiro atoms. The van der Waals surface area contributed by atoms with Crippen molar-refractivity contribution in [2.45, 2.75) is 12.8 Å². The van der Waals surface area contributed by atoms with Crippen LogP contribution in [0.15, 0.2) is 24.3 Å². The number of benzene rings is 1. The normalized spacial score (nSPS) is 13.4. The molecule has 27 heavy (non-hydrogen) atoms. The Labute approximate surface area is 163 Å². The number of nitrogens with zero attached hydrogens (tertiary/aromatic N) is 2. The molecular weight excluding hydrogens is 374 g/mol. The van der Waals surface area contributed by atoms with Gasteiger partial charge >= 0.3 is 6.03 Å². The van der Waals surface area contributed by atoms with Crippen LogP contribution in [0.3, 0.4) is 0 Å². The van der Waals surface area contributed by atoms with Gasteiger partial charge in [-0.1, -0.05) is 12.1 Å². The van der Waals surface area contributed by atoms with Gasteiger partial charge in [0.05, 0.1) is 11.3 Å². The summed E-state index contributed by atoms with van der Waals surface area (Å²) >= 11 is 0. The minimum absolute atomic E-state index is 0. The number of likely N-dealkylation sites (N-methyl/N-ethyl adjacent to an activating group) is 1. The lowest BCUT2D eigenvalue weighted by Gasteiger charge is -2.14. The van der Waals surface area contributed by atoms with Crippen molar-refractivity contribution in [1.29, 1.82) is 0 Å². The molecule has 1 heterocycles. The van der Waals surface area contributed by atoms with E-state index in [2.05, 4.69) is 10.6 Å². The molecular formula is C17H24ClN5O4. The van der Waals surface area contributed by atoms with Crippen LogP contribution in [0.1, 0.15) is 23.2 Å². The van der Waals surface area contributed by atoms with E-state index in [0.717, 1.165) is 4.90 Å². The smallest absolute Gasteiger partial charge is 0.326 e. The fraction of sp³-hybridized carbons (Fsp3) is 0.412. The molecule has 0 aliphatic carbocycles. The Morgan fingerprint density at radius 3 is 2.56 bits per heavy atom. The molecule has 1 fully saturated rings. The number of nitrogens with one attached hydrogen (secondary N) is 2. The molecule has 0 atom stereocenters. The van der Waals surface area contributed by atoms with E-state index in [9.17, 15) is 19.2 Å². The highest BCUT2D eigenvalue weighted by molar-refractivity contribution is 6.04. The first-order chi connectivity index (χ1) is 12.4. The number of amides is 5. The van der Waals surface area contributed by atoms with Crippen LogP contribution in [0, 0.1) is 0 Å². The quantitative estimate of drug-likeness (QED) is 0.548. The number of anilines is 1. The zero-order chi connectivity index (χ0) is 19.1. The minimum atomic E-state index is -0.350. The van der Waals surface area contributed by atoms with Gasteiger partial charge in [-0.3, -0.25) is 19.3 Å². The number of halogens is 1. The molecule has 2 rings (SSSR count). The van der Waals surface area contributed by atoms with Crippen molar-refractivity contribution in [3.8, 4) is 0 Å². The molecule has 4 N–H and O–H groups in total. The maximum absolute atomic E-state index is 12.1. The van der Waals surface area contributed by atoms with Crippen LogP contribution in [0.2, 0.25) is 0 Å². The fourth-order valence-electron chi connectivity index (χ4n) is 2.57. The van der Waals surface area contributed by atoms with Crippen molar-refractivity contribution >= 4 is 41.8 Å². The van der Waals surface area contributed by atoms with Crippen molar-refractivity contribution in [3.05, 3.63) is 29.8 Å². The van der Waals surface area contributed by atoms with E-state index in [0.29, 0.717) is 30.8 Å². The number of para-hydroxylation sites is 1. The van der Waals surface area contributed by atoms with Crippen molar-refractivity contribution < 1.29 is 19.2 Å². The van der Waals surface area contributed by atoms with E-state index < -0.39 is 0 Å². The monoisotopic (exact) mass is 397 g/mol. The highest BCUT2D eigenvalue weighted by Gasteiger charge is 2.32. The topological polar surface area (TPSA) is 125 Å². The van der Waals surface area contributed by atoms with Crippen LogP contribution in [-0.4, -0.2) is 66.8 Å². The van der Waals surface area contributed by atoms with Gasteiger partial charge in [-0.15, -0.1) is 12.4 Å². The lowest BCUT2D eigenvalue weighted by molar-refractivity contribution is -0.125. The Morgan fingerprint density at radius 2 is 1.93 bits per heavy atom. The van der Waals surface area contributed by atoms with Gasteiger partial charge in [-0.05, 0) is 18.6 Å². The molecule has 1 aromatic carbocycles. The number of urea groups is 1. The SMILES string of the molecule is CN1CC(=O)N(CCCC(=O)Nc2ccccc2C(=O)NCCN)C1=O.Cl. The maximum atomic E-state index is 12.1. The highest BCUT2D eigenvalue weighted by Crippen LogP contribution is 2.16. The van der Waals surface area contributed by atoms with Crippen LogP contribution in [0.25, 0.3) is 0 Å². The summed E-state index contributed by atoms with van der Waals surface area (Å²) in [7, 11) is 1.56. The third-order valence-corrected chi connectivity index (χ3v) is 3.89. The molecule has 5 amide bonds. The Balaban J connectivity index is 0.00000364. The van der Waals surface area contributed by atoms with E-state index >= 15 is 0 Å². The number of rotatable bonds is 8. The summed E-state index contributed by atoms with van der Waals surface area (Å²) in [6, 6.07) is 6.31. The van der Waals surface area contributed by atoms with Gasteiger partial charge in [0.2, 0.25) is 11.8 Å². The zero-order valence-electron chi connectivity index (χ0n) is 15.1. The summed E-state index contributed by atoms with van der Waals surface area (Å²) < 4.78 is 0. The second-order valence-corrected chi connectivity index (χ2v) is 5.93. The Morgan fingerprint density at radius 1 is 1.22 bits per heavy atom. The predicted octanol–water partition coefficient (Wildman–Crippen LogP) is 0.410. The van der Waals surface area contributed by atoms with E-state index in [1.54, 1.807) is 31.3 Å². The van der Waals surface area contributed by atoms with E-state index in [-0.39, 0.29) is 55.7 Å². The largest absolute Gasteiger partial charge is 0.351 e. The molecule has 10 heteroatoms. The lowest BCUT2D eigenvalue weighted by Crippen LogP contribution is -2.33. The minimum Gasteiger partial charge on any atom is -0.351 e. The van der Waals surface area contributed by atoms with E-state index in [1.165, 1.54) is 4.90 Å². The standard InChI is InChI=1S/C17H23N5O4.ClH/c1-21-11-15(24)22(17(21)26)10-4-7-14(23)20-13-6-3-2-5-12(13)16(25)19-9-8-18;/h2-3,5-6H,4,7-11,18H2,1H3,(H,19,25)(H,20,23);1H. The van der Waals surface area contributed by atoms with Gasteiger partial charge in [-0.25, -0.2) is 4.79 Å². The van der Waals surface area contributed by atoms with Crippen LogP contribution < -0.4 is 16.4 Å². The Kier molecular flexibility index (Phi) is 8.70. The van der Waals surface area contributed by atoms with Crippen LogP contribution in [0.5, 0.6) is 0 Å². The number of hydrogen-bond acceptors (Lipinski definition) is 5. The number of carbonyl (C=O) groups excluding carboxylic acids is 4. The first-order valence-electron chi connectivity index (χ1n) is 8.36. The molecule has 148 valence electrons. The summed E-state index contributed by atoms with van der Waals surface area (Å²) in [5.41, 5.74) is 6.12. The molecule has 1 aliphatic heterocycles. The average molecular weight is 398 g/mol. The highest BCUT2D eigenvalue weighted by atomic mass is 35.5. The Bertz CT molecular complexity index is 712. The number of imide groups is 1. The van der Waals surface area contributed by atoms with Crippen molar-refractivity contribution in [2.75, 3.05) is 38.5 Å². The molecule has 0 aromatic heterocycles. The van der Waals surface area contributed by atoms with Crippen molar-refractivity contribution in [2.24, 2.45) is 5.73 Å². The van der Waals surface area contributed by atoms with Crippen LogP contribution in [-0.2, 0) is 9.59 Å². The van der Waals surface area contributed by atoms with Gasteiger partial charge in [0.15, 0.2) is 0 Å². The number of carbonyl (C=O) groups is 4. The molecule has 1 aliphatic rings. The molecule has 0 bridgehead atoms.